The predicted molar refractivity (Wildman–Crippen MR) is 81.5 cm³/mol. The van der Waals surface area contributed by atoms with E-state index in [0.717, 1.165) is 22.9 Å². The molecule has 4 nitrogen and oxygen atoms in total. The smallest absolute Gasteiger partial charge is 0.273 e. The van der Waals surface area contributed by atoms with Crippen LogP contribution < -0.4 is 5.32 Å². The second-order valence-electron chi connectivity index (χ2n) is 6.28. The molecular weight excluding hydrogens is 318 g/mol. The summed E-state index contributed by atoms with van der Waals surface area (Å²) in [5, 5.41) is 7.47. The van der Waals surface area contributed by atoms with E-state index in [9.17, 15) is 4.79 Å². The number of fused-ring (bicyclic) bond motifs is 2. The van der Waals surface area contributed by atoms with Crippen LogP contribution in [-0.4, -0.2) is 21.7 Å². The lowest BCUT2D eigenvalue weighted by molar-refractivity contribution is 0.0908. The molecule has 3 rings (SSSR count). The zero-order valence-electron chi connectivity index (χ0n) is 12.1. The molecule has 2 bridgehead atoms. The third-order valence-electron chi connectivity index (χ3n) is 5.05. The number of hydrogen-bond donors (Lipinski definition) is 1. The van der Waals surface area contributed by atoms with Gasteiger partial charge in [-0.1, -0.05) is 6.42 Å². The zero-order chi connectivity index (χ0) is 14.3. The van der Waals surface area contributed by atoms with Gasteiger partial charge in [0.25, 0.3) is 5.91 Å². The van der Waals surface area contributed by atoms with Gasteiger partial charge in [-0.05, 0) is 66.8 Å². The number of halogens is 1. The van der Waals surface area contributed by atoms with Crippen LogP contribution >= 0.6 is 15.9 Å². The lowest BCUT2D eigenvalue weighted by atomic mass is 9.84. The van der Waals surface area contributed by atoms with Crippen molar-refractivity contribution in [3.8, 4) is 0 Å². The average Bonchev–Trinajstić information content (AvgIpc) is 3.12. The first-order valence-corrected chi connectivity index (χ1v) is 8.41. The number of carbonyl (C=O) groups excluding carboxylic acids is 1. The summed E-state index contributed by atoms with van der Waals surface area (Å²) in [7, 11) is 0. The molecule has 2 aliphatic carbocycles. The zero-order valence-corrected chi connectivity index (χ0v) is 13.7. The van der Waals surface area contributed by atoms with Crippen LogP contribution in [0, 0.1) is 17.8 Å². The molecule has 5 heteroatoms. The molecule has 1 aromatic rings. The maximum Gasteiger partial charge on any atom is 0.273 e. The van der Waals surface area contributed by atoms with E-state index in [1.807, 2.05) is 13.1 Å². The van der Waals surface area contributed by atoms with Crippen molar-refractivity contribution in [2.24, 2.45) is 17.8 Å². The Bertz CT molecular complexity index is 513. The molecule has 0 spiro atoms. The number of nitrogens with one attached hydrogen (secondary N) is 1. The third kappa shape index (κ3) is 2.52. The van der Waals surface area contributed by atoms with Gasteiger partial charge in [-0.15, -0.1) is 0 Å². The number of aromatic nitrogens is 2. The minimum Gasteiger partial charge on any atom is -0.348 e. The molecule has 0 aromatic carbocycles. The van der Waals surface area contributed by atoms with E-state index < -0.39 is 0 Å². The maximum atomic E-state index is 12.4. The predicted octanol–water partition coefficient (Wildman–Crippen LogP) is 3.22. The lowest BCUT2D eigenvalue weighted by Crippen LogP contribution is -2.40. The van der Waals surface area contributed by atoms with Crippen molar-refractivity contribution in [1.82, 2.24) is 15.1 Å². The van der Waals surface area contributed by atoms with Gasteiger partial charge < -0.3 is 5.32 Å². The Morgan fingerprint density at radius 2 is 2.35 bits per heavy atom. The lowest BCUT2D eigenvalue weighted by Gasteiger charge is -2.28. The van der Waals surface area contributed by atoms with Gasteiger partial charge in [0.2, 0.25) is 0 Å². The summed E-state index contributed by atoms with van der Waals surface area (Å²) in [5.41, 5.74) is 0.502. The molecule has 1 aromatic heterocycles. The molecule has 2 fully saturated rings. The van der Waals surface area contributed by atoms with Crippen LogP contribution in [-0.2, 0) is 6.54 Å². The van der Waals surface area contributed by atoms with Gasteiger partial charge in [0.05, 0.1) is 4.47 Å². The SMILES string of the molecule is CCn1cc(Br)c(C(=O)N[C@H](C)[C@@H]2C[C@H]3CC[C@H]2C3)n1. The number of carbonyl (C=O) groups is 1. The molecule has 20 heavy (non-hydrogen) atoms. The van der Waals surface area contributed by atoms with Crippen molar-refractivity contribution in [3.63, 3.8) is 0 Å². The molecule has 0 unspecified atom stereocenters. The summed E-state index contributed by atoms with van der Waals surface area (Å²) in [6.45, 7) is 4.93. The summed E-state index contributed by atoms with van der Waals surface area (Å²) in [5.74, 6) is 2.34. The highest BCUT2D eigenvalue weighted by molar-refractivity contribution is 9.10. The summed E-state index contributed by atoms with van der Waals surface area (Å²) < 4.78 is 2.55. The number of aryl methyl sites for hydroxylation is 1. The molecule has 4 atom stereocenters. The Morgan fingerprint density at radius 3 is 2.90 bits per heavy atom. The normalized spacial score (nSPS) is 29.6. The van der Waals surface area contributed by atoms with Crippen molar-refractivity contribution < 1.29 is 4.79 Å². The molecular formula is C15H22BrN3O. The standard InChI is InChI=1S/C15H22BrN3O/c1-3-19-8-13(16)14(18-19)15(20)17-9(2)12-7-10-4-5-11(12)6-10/h8-12H,3-7H2,1-2H3,(H,17,20)/t9-,10+,11+,12+/m1/s1. The van der Waals surface area contributed by atoms with Gasteiger partial charge in [-0.25, -0.2) is 0 Å². The fourth-order valence-corrected chi connectivity index (χ4v) is 4.50. The van der Waals surface area contributed by atoms with Crippen LogP contribution in [0.5, 0.6) is 0 Å². The van der Waals surface area contributed by atoms with E-state index in [-0.39, 0.29) is 11.9 Å². The summed E-state index contributed by atoms with van der Waals surface area (Å²) in [6, 6.07) is 0.247. The van der Waals surface area contributed by atoms with Crippen molar-refractivity contribution in [2.75, 3.05) is 0 Å². The highest BCUT2D eigenvalue weighted by Crippen LogP contribution is 2.49. The van der Waals surface area contributed by atoms with E-state index in [1.54, 1.807) is 4.68 Å². The quantitative estimate of drug-likeness (QED) is 0.915. The second-order valence-corrected chi connectivity index (χ2v) is 7.14. The van der Waals surface area contributed by atoms with E-state index in [4.69, 9.17) is 0 Å². The van der Waals surface area contributed by atoms with Crippen LogP contribution in [0.1, 0.15) is 50.0 Å². The van der Waals surface area contributed by atoms with E-state index >= 15 is 0 Å². The minimum absolute atomic E-state index is 0.0562. The Labute approximate surface area is 128 Å². The van der Waals surface area contributed by atoms with Crippen molar-refractivity contribution in [1.29, 1.82) is 0 Å². The van der Waals surface area contributed by atoms with Crippen LogP contribution in [0.4, 0.5) is 0 Å². The Morgan fingerprint density at radius 1 is 1.55 bits per heavy atom. The summed E-state index contributed by atoms with van der Waals surface area (Å²) >= 11 is 3.42. The molecule has 0 saturated heterocycles. The number of nitrogens with zero attached hydrogens (tertiary/aromatic N) is 2. The molecule has 1 heterocycles. The number of rotatable bonds is 4. The van der Waals surface area contributed by atoms with Crippen LogP contribution in [0.15, 0.2) is 10.7 Å². The van der Waals surface area contributed by atoms with Crippen molar-refractivity contribution in [2.45, 2.75) is 52.1 Å². The van der Waals surface area contributed by atoms with Gasteiger partial charge in [-0.3, -0.25) is 9.48 Å². The van der Waals surface area contributed by atoms with E-state index in [2.05, 4.69) is 33.3 Å². The van der Waals surface area contributed by atoms with E-state index in [0.29, 0.717) is 11.6 Å². The molecule has 1 N–H and O–H groups in total. The first-order chi connectivity index (χ1) is 9.58. The number of hydrogen-bond acceptors (Lipinski definition) is 2. The topological polar surface area (TPSA) is 46.9 Å². The molecule has 2 aliphatic rings. The minimum atomic E-state index is -0.0562. The summed E-state index contributed by atoms with van der Waals surface area (Å²) in [6.07, 6.45) is 7.27. The average molecular weight is 340 g/mol. The van der Waals surface area contributed by atoms with Gasteiger partial charge in [0.1, 0.15) is 0 Å². The van der Waals surface area contributed by atoms with Crippen LogP contribution in [0.2, 0.25) is 0 Å². The highest BCUT2D eigenvalue weighted by Gasteiger charge is 2.42. The van der Waals surface area contributed by atoms with Gasteiger partial charge >= 0.3 is 0 Å². The molecule has 2 saturated carbocycles. The third-order valence-corrected chi connectivity index (χ3v) is 5.63. The number of amides is 1. The van der Waals surface area contributed by atoms with Gasteiger partial charge in [0, 0.05) is 18.8 Å². The first-order valence-electron chi connectivity index (χ1n) is 7.62. The largest absolute Gasteiger partial charge is 0.348 e. The maximum absolute atomic E-state index is 12.4. The molecule has 1 amide bonds. The van der Waals surface area contributed by atoms with Crippen molar-refractivity contribution in [3.05, 3.63) is 16.4 Å². The van der Waals surface area contributed by atoms with E-state index in [1.165, 1.54) is 25.7 Å². The fourth-order valence-electron chi connectivity index (χ4n) is 4.00. The molecule has 0 radical (unpaired) electrons. The molecule has 110 valence electrons. The Kier molecular flexibility index (Phi) is 3.89. The van der Waals surface area contributed by atoms with Gasteiger partial charge in [0.15, 0.2) is 5.69 Å². The highest BCUT2D eigenvalue weighted by atomic mass is 79.9. The molecule has 0 aliphatic heterocycles. The second kappa shape index (κ2) is 5.51. The van der Waals surface area contributed by atoms with Gasteiger partial charge in [-0.2, -0.15) is 5.10 Å². The Hall–Kier alpha value is -0.840. The van der Waals surface area contributed by atoms with Crippen molar-refractivity contribution >= 4 is 21.8 Å². The monoisotopic (exact) mass is 339 g/mol. The van der Waals surface area contributed by atoms with Crippen LogP contribution in [0.3, 0.4) is 0 Å². The summed E-state index contributed by atoms with van der Waals surface area (Å²) in [4.78, 5) is 12.4. The fraction of sp³-hybridized carbons (Fsp3) is 0.733. The first kappa shape index (κ1) is 14.1. The van der Waals surface area contributed by atoms with Crippen LogP contribution in [0.25, 0.3) is 0 Å². The Balaban J connectivity index is 1.64.